The van der Waals surface area contributed by atoms with Crippen LogP contribution in [0.15, 0.2) is 6.33 Å². The summed E-state index contributed by atoms with van der Waals surface area (Å²) in [6, 6.07) is 0. The Morgan fingerprint density at radius 1 is 1.42 bits per heavy atom. The van der Waals surface area contributed by atoms with Gasteiger partial charge in [-0.15, -0.1) is 0 Å². The van der Waals surface area contributed by atoms with Gasteiger partial charge in [0.1, 0.15) is 12.0 Å². The molecular weight excluding hydrogens is 246 g/mol. The molecule has 0 aliphatic heterocycles. The van der Waals surface area contributed by atoms with Gasteiger partial charge in [0.05, 0.1) is 6.61 Å². The quantitative estimate of drug-likeness (QED) is 0.643. The van der Waals surface area contributed by atoms with Crippen LogP contribution >= 0.6 is 0 Å². The molecule has 0 fully saturated rings. The van der Waals surface area contributed by atoms with E-state index in [9.17, 15) is 4.79 Å². The lowest BCUT2D eigenvalue weighted by molar-refractivity contribution is -0.120. The van der Waals surface area contributed by atoms with Gasteiger partial charge in [-0.25, -0.2) is 4.98 Å². The fraction of sp³-hybridized carbons (Fsp3) is 0.583. The molecule has 0 atom stereocenters. The zero-order valence-electron chi connectivity index (χ0n) is 11.4. The van der Waals surface area contributed by atoms with Gasteiger partial charge in [0.15, 0.2) is 5.82 Å². The van der Waals surface area contributed by atoms with Gasteiger partial charge >= 0.3 is 0 Å². The standard InChI is InChI=1S/C12H21N5O2/c1-3-7-19-12-10(13)11(16-8-17-12)15-6-5-9(18)14-4-2/h8H,3-7,13H2,1-2H3,(H,14,18)(H,15,16,17). The van der Waals surface area contributed by atoms with E-state index in [0.29, 0.717) is 43.5 Å². The summed E-state index contributed by atoms with van der Waals surface area (Å²) in [7, 11) is 0. The number of nitrogens with one attached hydrogen (secondary N) is 2. The highest BCUT2D eigenvalue weighted by molar-refractivity contribution is 5.76. The first kappa shape index (κ1) is 15.0. The Kier molecular flexibility index (Phi) is 6.42. The topological polar surface area (TPSA) is 102 Å². The number of anilines is 2. The summed E-state index contributed by atoms with van der Waals surface area (Å²) in [5, 5.41) is 5.72. The van der Waals surface area contributed by atoms with E-state index in [1.807, 2.05) is 13.8 Å². The molecule has 1 amide bonds. The van der Waals surface area contributed by atoms with Gasteiger partial charge in [0.25, 0.3) is 0 Å². The lowest BCUT2D eigenvalue weighted by atomic mass is 10.3. The van der Waals surface area contributed by atoms with Crippen LogP contribution in [-0.2, 0) is 4.79 Å². The van der Waals surface area contributed by atoms with Crippen molar-refractivity contribution in [1.29, 1.82) is 0 Å². The Morgan fingerprint density at radius 3 is 2.89 bits per heavy atom. The molecule has 0 aliphatic rings. The number of carbonyl (C=O) groups is 1. The summed E-state index contributed by atoms with van der Waals surface area (Å²) in [5.74, 6) is 0.854. The highest BCUT2D eigenvalue weighted by atomic mass is 16.5. The van der Waals surface area contributed by atoms with Crippen LogP contribution in [0.25, 0.3) is 0 Å². The van der Waals surface area contributed by atoms with E-state index in [1.165, 1.54) is 6.33 Å². The molecule has 0 radical (unpaired) electrons. The number of nitrogen functional groups attached to an aromatic ring is 1. The smallest absolute Gasteiger partial charge is 0.242 e. The maximum atomic E-state index is 11.3. The summed E-state index contributed by atoms with van der Waals surface area (Å²) in [6.07, 6.45) is 2.63. The largest absolute Gasteiger partial charge is 0.476 e. The van der Waals surface area contributed by atoms with Crippen LogP contribution in [0, 0.1) is 0 Å². The molecule has 0 aromatic carbocycles. The van der Waals surface area contributed by atoms with Crippen LogP contribution in [0.1, 0.15) is 26.7 Å². The maximum Gasteiger partial charge on any atom is 0.242 e. The SMILES string of the molecule is CCCOc1ncnc(NCCC(=O)NCC)c1N. The zero-order chi connectivity index (χ0) is 14.1. The molecule has 0 aliphatic carbocycles. The van der Waals surface area contributed by atoms with Crippen molar-refractivity contribution in [2.24, 2.45) is 0 Å². The van der Waals surface area contributed by atoms with Gasteiger partial charge in [0.2, 0.25) is 11.8 Å². The van der Waals surface area contributed by atoms with E-state index in [-0.39, 0.29) is 5.91 Å². The van der Waals surface area contributed by atoms with E-state index in [0.717, 1.165) is 6.42 Å². The molecule has 0 spiro atoms. The van der Waals surface area contributed by atoms with E-state index < -0.39 is 0 Å². The first-order chi connectivity index (χ1) is 9.19. The normalized spacial score (nSPS) is 10.0. The molecule has 1 heterocycles. The minimum atomic E-state index is -0.00918. The maximum absolute atomic E-state index is 11.3. The third kappa shape index (κ3) is 4.99. The number of hydrogen-bond acceptors (Lipinski definition) is 6. The molecule has 0 bridgehead atoms. The van der Waals surface area contributed by atoms with Gasteiger partial charge in [-0.2, -0.15) is 4.98 Å². The van der Waals surface area contributed by atoms with Crippen LogP contribution in [0.5, 0.6) is 5.88 Å². The Hall–Kier alpha value is -2.05. The third-order valence-electron chi connectivity index (χ3n) is 2.31. The van der Waals surface area contributed by atoms with E-state index in [1.54, 1.807) is 0 Å². The predicted molar refractivity (Wildman–Crippen MR) is 74.0 cm³/mol. The van der Waals surface area contributed by atoms with Crippen LogP contribution in [0.2, 0.25) is 0 Å². The molecule has 1 rings (SSSR count). The summed E-state index contributed by atoms with van der Waals surface area (Å²) in [4.78, 5) is 19.3. The van der Waals surface area contributed by atoms with Crippen LogP contribution in [-0.4, -0.2) is 35.6 Å². The molecule has 7 nitrogen and oxygen atoms in total. The second-order valence-electron chi connectivity index (χ2n) is 3.92. The second-order valence-corrected chi connectivity index (χ2v) is 3.92. The minimum Gasteiger partial charge on any atom is -0.476 e. The van der Waals surface area contributed by atoms with E-state index in [2.05, 4.69) is 20.6 Å². The Labute approximate surface area is 113 Å². The summed E-state index contributed by atoms with van der Waals surface area (Å²) < 4.78 is 5.40. The molecule has 106 valence electrons. The first-order valence-electron chi connectivity index (χ1n) is 6.42. The minimum absolute atomic E-state index is 0.00918. The van der Waals surface area contributed by atoms with Crippen LogP contribution in [0.3, 0.4) is 0 Å². The molecule has 0 saturated heterocycles. The fourth-order valence-electron chi connectivity index (χ4n) is 1.41. The molecule has 1 aromatic rings. The lowest BCUT2D eigenvalue weighted by Gasteiger charge is -2.11. The lowest BCUT2D eigenvalue weighted by Crippen LogP contribution is -2.25. The zero-order valence-corrected chi connectivity index (χ0v) is 11.4. The number of ether oxygens (including phenoxy) is 1. The van der Waals surface area contributed by atoms with Crippen molar-refractivity contribution in [2.45, 2.75) is 26.7 Å². The van der Waals surface area contributed by atoms with Crippen molar-refractivity contribution in [3.8, 4) is 5.88 Å². The van der Waals surface area contributed by atoms with Gasteiger partial charge in [0, 0.05) is 19.5 Å². The molecule has 4 N–H and O–H groups in total. The van der Waals surface area contributed by atoms with Crippen molar-refractivity contribution < 1.29 is 9.53 Å². The molecule has 0 saturated carbocycles. The van der Waals surface area contributed by atoms with Crippen molar-refractivity contribution in [3.05, 3.63) is 6.33 Å². The average molecular weight is 267 g/mol. The number of nitrogens with two attached hydrogens (primary N) is 1. The van der Waals surface area contributed by atoms with Crippen molar-refractivity contribution in [1.82, 2.24) is 15.3 Å². The van der Waals surface area contributed by atoms with Crippen molar-refractivity contribution in [3.63, 3.8) is 0 Å². The Morgan fingerprint density at radius 2 is 2.21 bits per heavy atom. The van der Waals surface area contributed by atoms with E-state index >= 15 is 0 Å². The van der Waals surface area contributed by atoms with Crippen LogP contribution < -0.4 is 21.1 Å². The summed E-state index contributed by atoms with van der Waals surface area (Å²) in [6.45, 7) is 5.53. The number of aromatic nitrogens is 2. The number of carbonyl (C=O) groups excluding carboxylic acids is 1. The predicted octanol–water partition coefficient (Wildman–Crippen LogP) is 0.786. The Bertz CT molecular complexity index is 411. The van der Waals surface area contributed by atoms with Gasteiger partial charge in [-0.3, -0.25) is 4.79 Å². The number of amides is 1. The highest BCUT2D eigenvalue weighted by Crippen LogP contribution is 2.24. The molecule has 0 unspecified atom stereocenters. The summed E-state index contributed by atoms with van der Waals surface area (Å²) in [5.41, 5.74) is 6.25. The molecule has 19 heavy (non-hydrogen) atoms. The highest BCUT2D eigenvalue weighted by Gasteiger charge is 2.09. The average Bonchev–Trinajstić information content (AvgIpc) is 2.40. The molecule has 1 aromatic heterocycles. The third-order valence-corrected chi connectivity index (χ3v) is 2.31. The van der Waals surface area contributed by atoms with Crippen LogP contribution in [0.4, 0.5) is 11.5 Å². The number of hydrogen-bond donors (Lipinski definition) is 3. The first-order valence-corrected chi connectivity index (χ1v) is 6.42. The Balaban J connectivity index is 2.51. The van der Waals surface area contributed by atoms with Gasteiger partial charge in [-0.1, -0.05) is 6.92 Å². The summed E-state index contributed by atoms with van der Waals surface area (Å²) >= 11 is 0. The van der Waals surface area contributed by atoms with Gasteiger partial charge in [-0.05, 0) is 13.3 Å². The molecule has 7 heteroatoms. The fourth-order valence-corrected chi connectivity index (χ4v) is 1.41. The monoisotopic (exact) mass is 267 g/mol. The van der Waals surface area contributed by atoms with E-state index in [4.69, 9.17) is 10.5 Å². The number of nitrogens with zero attached hydrogens (tertiary/aromatic N) is 2. The number of rotatable bonds is 8. The van der Waals surface area contributed by atoms with Crippen molar-refractivity contribution >= 4 is 17.4 Å². The van der Waals surface area contributed by atoms with Gasteiger partial charge < -0.3 is 21.1 Å². The van der Waals surface area contributed by atoms with Crippen molar-refractivity contribution in [2.75, 3.05) is 30.7 Å². The second kappa shape index (κ2) is 8.12. The molecular formula is C12H21N5O2.